The van der Waals surface area contributed by atoms with Crippen LogP contribution in [-0.4, -0.2) is 31.1 Å². The predicted octanol–water partition coefficient (Wildman–Crippen LogP) is 3.91. The summed E-state index contributed by atoms with van der Waals surface area (Å²) in [5.41, 5.74) is 0.206. The average Bonchev–Trinajstić information content (AvgIpc) is 2.40. The lowest BCUT2D eigenvalue weighted by Crippen LogP contribution is -2.45. The van der Waals surface area contributed by atoms with Gasteiger partial charge in [0.15, 0.2) is 0 Å². The molecule has 2 rings (SSSR count). The van der Waals surface area contributed by atoms with E-state index in [4.69, 9.17) is 0 Å². The highest BCUT2D eigenvalue weighted by molar-refractivity contribution is 5.85. The number of nitrogens with zero attached hydrogens (tertiary/aromatic N) is 1. The Labute approximate surface area is 135 Å². The van der Waals surface area contributed by atoms with Crippen molar-refractivity contribution in [1.29, 1.82) is 0 Å². The Bertz CT molecular complexity index is 421. The number of piperazine rings is 1. The van der Waals surface area contributed by atoms with Crippen LogP contribution in [0.1, 0.15) is 30.5 Å². The minimum Gasteiger partial charge on any atom is -0.314 e. The van der Waals surface area contributed by atoms with Crippen molar-refractivity contribution in [3.8, 4) is 0 Å². The van der Waals surface area contributed by atoms with E-state index in [1.54, 1.807) is 6.07 Å². The zero-order valence-electron chi connectivity index (χ0n) is 11.8. The molecular weight excluding hydrogens is 324 g/mol. The Hall–Kier alpha value is -0.490. The molecule has 1 aliphatic heterocycles. The van der Waals surface area contributed by atoms with Gasteiger partial charge in [0.1, 0.15) is 0 Å². The van der Waals surface area contributed by atoms with Crippen LogP contribution in [0.15, 0.2) is 24.3 Å². The highest BCUT2D eigenvalue weighted by atomic mass is 35.5. The van der Waals surface area contributed by atoms with Gasteiger partial charge in [0.2, 0.25) is 0 Å². The zero-order chi connectivity index (χ0) is 13.9. The molecule has 2 nitrogen and oxygen atoms in total. The third kappa shape index (κ3) is 5.33. The van der Waals surface area contributed by atoms with Crippen molar-refractivity contribution in [2.45, 2.75) is 25.6 Å². The van der Waals surface area contributed by atoms with Crippen molar-refractivity contribution in [3.05, 3.63) is 35.4 Å². The summed E-state index contributed by atoms with van der Waals surface area (Å²) in [5.74, 6) is 0. The Kier molecular flexibility index (Phi) is 8.63. The molecule has 21 heavy (non-hydrogen) atoms. The summed E-state index contributed by atoms with van der Waals surface area (Å²) in [6, 6.07) is 5.79. The molecule has 0 aliphatic carbocycles. The van der Waals surface area contributed by atoms with E-state index in [0.29, 0.717) is 0 Å². The number of alkyl halides is 3. The van der Waals surface area contributed by atoms with Crippen molar-refractivity contribution in [1.82, 2.24) is 10.2 Å². The van der Waals surface area contributed by atoms with Crippen LogP contribution in [-0.2, 0) is 6.18 Å². The molecule has 1 atom stereocenters. The molecule has 1 saturated heterocycles. The first-order chi connectivity index (χ1) is 9.02. The maximum atomic E-state index is 12.8. The number of hydrogen-bond donors (Lipinski definition) is 1. The summed E-state index contributed by atoms with van der Waals surface area (Å²) in [4.78, 5) is 2.26. The van der Waals surface area contributed by atoms with Crippen molar-refractivity contribution in [3.63, 3.8) is 0 Å². The first kappa shape index (κ1) is 20.5. The lowest BCUT2D eigenvalue weighted by Gasteiger charge is -2.35. The molecule has 0 aromatic heterocycles. The van der Waals surface area contributed by atoms with Crippen molar-refractivity contribution in [2.24, 2.45) is 0 Å². The molecule has 0 spiro atoms. The molecule has 0 amide bonds. The van der Waals surface area contributed by atoms with Gasteiger partial charge in [0, 0.05) is 32.2 Å². The standard InChI is InChI=1S/C14H19F3N2.2ClH/c1-2-13(19-8-6-18-7-9-19)11-4-3-5-12(10-11)14(15,16)17;;/h3-5,10,13,18H,2,6-9H2,1H3;2*1H/t13-;;/m1../s1. The van der Waals surface area contributed by atoms with Gasteiger partial charge in [0.05, 0.1) is 5.56 Å². The fraction of sp³-hybridized carbons (Fsp3) is 0.571. The van der Waals surface area contributed by atoms with E-state index in [1.165, 1.54) is 12.1 Å². The zero-order valence-corrected chi connectivity index (χ0v) is 13.5. The molecule has 0 bridgehead atoms. The maximum absolute atomic E-state index is 12.8. The summed E-state index contributed by atoms with van der Waals surface area (Å²) < 4.78 is 38.3. The van der Waals surface area contributed by atoms with Gasteiger partial charge in [-0.1, -0.05) is 19.1 Å². The first-order valence-electron chi connectivity index (χ1n) is 6.64. The van der Waals surface area contributed by atoms with Gasteiger partial charge in [-0.3, -0.25) is 4.90 Å². The highest BCUT2D eigenvalue weighted by Gasteiger charge is 2.31. The van der Waals surface area contributed by atoms with E-state index in [2.05, 4.69) is 10.2 Å². The highest BCUT2D eigenvalue weighted by Crippen LogP contribution is 2.32. The predicted molar refractivity (Wildman–Crippen MR) is 83.4 cm³/mol. The third-order valence-electron chi connectivity index (χ3n) is 3.58. The van der Waals surface area contributed by atoms with Gasteiger partial charge >= 0.3 is 6.18 Å². The summed E-state index contributed by atoms with van der Waals surface area (Å²) in [5, 5.41) is 3.26. The van der Waals surface area contributed by atoms with Crippen LogP contribution in [0.2, 0.25) is 0 Å². The van der Waals surface area contributed by atoms with Gasteiger partial charge in [-0.05, 0) is 24.1 Å². The van der Waals surface area contributed by atoms with Crippen molar-refractivity contribution < 1.29 is 13.2 Å². The lowest BCUT2D eigenvalue weighted by molar-refractivity contribution is -0.137. The molecule has 1 aromatic carbocycles. The van der Waals surface area contributed by atoms with E-state index < -0.39 is 11.7 Å². The van der Waals surface area contributed by atoms with E-state index >= 15 is 0 Å². The Morgan fingerprint density at radius 1 is 1.19 bits per heavy atom. The topological polar surface area (TPSA) is 15.3 Å². The van der Waals surface area contributed by atoms with Gasteiger partial charge in [-0.25, -0.2) is 0 Å². The molecular formula is C14H21Cl2F3N2. The summed E-state index contributed by atoms with van der Waals surface area (Å²) in [6.07, 6.45) is -3.45. The molecule has 0 saturated carbocycles. The second-order valence-electron chi connectivity index (χ2n) is 4.83. The average molecular weight is 345 g/mol. The van der Waals surface area contributed by atoms with E-state index in [0.717, 1.165) is 44.2 Å². The fourth-order valence-corrected chi connectivity index (χ4v) is 2.62. The van der Waals surface area contributed by atoms with Crippen LogP contribution >= 0.6 is 24.8 Å². The monoisotopic (exact) mass is 344 g/mol. The van der Waals surface area contributed by atoms with Gasteiger partial charge in [0.25, 0.3) is 0 Å². The molecule has 1 aromatic rings. The maximum Gasteiger partial charge on any atom is 0.416 e. The molecule has 1 aliphatic rings. The van der Waals surface area contributed by atoms with Gasteiger partial charge < -0.3 is 5.32 Å². The molecule has 1 heterocycles. The second-order valence-corrected chi connectivity index (χ2v) is 4.83. The van der Waals surface area contributed by atoms with Gasteiger partial charge in [-0.15, -0.1) is 24.8 Å². The lowest BCUT2D eigenvalue weighted by atomic mass is 9.99. The minimum absolute atomic E-state index is 0. The molecule has 0 radical (unpaired) electrons. The number of hydrogen-bond acceptors (Lipinski definition) is 2. The van der Waals surface area contributed by atoms with Crippen LogP contribution in [0, 0.1) is 0 Å². The quantitative estimate of drug-likeness (QED) is 0.894. The Morgan fingerprint density at radius 2 is 1.81 bits per heavy atom. The van der Waals surface area contributed by atoms with Gasteiger partial charge in [-0.2, -0.15) is 13.2 Å². The minimum atomic E-state index is -4.27. The number of benzene rings is 1. The Balaban J connectivity index is 0.00000200. The van der Waals surface area contributed by atoms with E-state index in [-0.39, 0.29) is 30.9 Å². The van der Waals surface area contributed by atoms with Crippen LogP contribution in [0.25, 0.3) is 0 Å². The third-order valence-corrected chi connectivity index (χ3v) is 3.58. The van der Waals surface area contributed by atoms with E-state index in [9.17, 15) is 13.2 Å². The van der Waals surface area contributed by atoms with Crippen LogP contribution in [0.4, 0.5) is 13.2 Å². The van der Waals surface area contributed by atoms with Crippen LogP contribution < -0.4 is 5.32 Å². The number of rotatable bonds is 3. The van der Waals surface area contributed by atoms with Crippen LogP contribution in [0.5, 0.6) is 0 Å². The molecule has 7 heteroatoms. The summed E-state index contributed by atoms with van der Waals surface area (Å²) in [6.45, 7) is 5.58. The van der Waals surface area contributed by atoms with Crippen molar-refractivity contribution >= 4 is 24.8 Å². The Morgan fingerprint density at radius 3 is 2.33 bits per heavy atom. The normalized spacial score (nSPS) is 17.5. The van der Waals surface area contributed by atoms with Crippen molar-refractivity contribution in [2.75, 3.05) is 26.2 Å². The molecule has 122 valence electrons. The number of halogens is 5. The molecule has 1 N–H and O–H groups in total. The smallest absolute Gasteiger partial charge is 0.314 e. The largest absolute Gasteiger partial charge is 0.416 e. The van der Waals surface area contributed by atoms with E-state index in [1.807, 2.05) is 6.92 Å². The number of nitrogens with one attached hydrogen (secondary N) is 1. The second kappa shape index (κ2) is 8.83. The first-order valence-corrected chi connectivity index (χ1v) is 6.64. The van der Waals surface area contributed by atoms with Crippen LogP contribution in [0.3, 0.4) is 0 Å². The molecule has 1 fully saturated rings. The SMILES string of the molecule is CC[C@H](c1cccc(C(F)(F)F)c1)N1CCNCC1.Cl.Cl. The fourth-order valence-electron chi connectivity index (χ4n) is 2.62. The summed E-state index contributed by atoms with van der Waals surface area (Å²) >= 11 is 0. The summed E-state index contributed by atoms with van der Waals surface area (Å²) in [7, 11) is 0. The molecule has 0 unspecified atom stereocenters.